The van der Waals surface area contributed by atoms with Gasteiger partial charge in [0.1, 0.15) is 0 Å². The molecular weight excluding hydrogens is 292 g/mol. The molecule has 21 heavy (non-hydrogen) atoms. The SMILES string of the molecule is O=C(OC(=O)ON1C(=O)CCC1=O)ON1C(=O)CCC1=O. The van der Waals surface area contributed by atoms with Crippen LogP contribution in [0.2, 0.25) is 0 Å². The number of amides is 4. The highest BCUT2D eigenvalue weighted by Gasteiger charge is 2.36. The van der Waals surface area contributed by atoms with Gasteiger partial charge in [-0.3, -0.25) is 28.9 Å². The number of rotatable bonds is 2. The molecule has 0 spiro atoms. The maximum absolute atomic E-state index is 11.2. The Bertz CT molecular complexity index is 475. The predicted octanol–water partition coefficient (Wildman–Crippen LogP) is -0.596. The van der Waals surface area contributed by atoms with Crippen LogP contribution in [-0.4, -0.2) is 46.1 Å². The maximum Gasteiger partial charge on any atom is 0.544 e. The van der Waals surface area contributed by atoms with Gasteiger partial charge >= 0.3 is 12.3 Å². The summed E-state index contributed by atoms with van der Waals surface area (Å²) in [7, 11) is 0. The van der Waals surface area contributed by atoms with Crippen molar-refractivity contribution < 1.29 is 43.2 Å². The Morgan fingerprint density at radius 2 is 0.952 bits per heavy atom. The Morgan fingerprint density at radius 1 is 0.667 bits per heavy atom. The second kappa shape index (κ2) is 5.56. The molecule has 0 bridgehead atoms. The number of imide groups is 2. The van der Waals surface area contributed by atoms with Gasteiger partial charge in [0.15, 0.2) is 0 Å². The van der Waals surface area contributed by atoms with Gasteiger partial charge in [0.05, 0.1) is 0 Å². The molecule has 112 valence electrons. The minimum absolute atomic E-state index is 0.132. The van der Waals surface area contributed by atoms with E-state index in [-0.39, 0.29) is 35.8 Å². The molecule has 2 aliphatic heterocycles. The van der Waals surface area contributed by atoms with Crippen LogP contribution in [0.4, 0.5) is 9.59 Å². The van der Waals surface area contributed by atoms with Crippen molar-refractivity contribution in [2.24, 2.45) is 0 Å². The van der Waals surface area contributed by atoms with E-state index in [1.54, 1.807) is 0 Å². The topological polar surface area (TPSA) is 137 Å². The summed E-state index contributed by atoms with van der Waals surface area (Å²) < 4.78 is 3.95. The molecule has 4 amide bonds. The third-order valence-corrected chi connectivity index (χ3v) is 2.51. The molecule has 0 atom stereocenters. The zero-order valence-electron chi connectivity index (χ0n) is 10.4. The van der Waals surface area contributed by atoms with Crippen LogP contribution in [0.5, 0.6) is 0 Å². The summed E-state index contributed by atoms with van der Waals surface area (Å²) in [4.78, 5) is 75.2. The lowest BCUT2D eigenvalue weighted by Gasteiger charge is -2.13. The van der Waals surface area contributed by atoms with Gasteiger partial charge in [-0.05, 0) is 0 Å². The first-order valence-corrected chi connectivity index (χ1v) is 5.72. The fraction of sp³-hybridized carbons (Fsp3) is 0.400. The third kappa shape index (κ3) is 3.13. The Balaban J connectivity index is 1.84. The Kier molecular flexibility index (Phi) is 3.82. The lowest BCUT2D eigenvalue weighted by molar-refractivity contribution is -0.182. The van der Waals surface area contributed by atoms with Gasteiger partial charge in [0.25, 0.3) is 23.6 Å². The summed E-state index contributed by atoms with van der Waals surface area (Å²) in [5, 5.41) is 0.309. The fourth-order valence-electron chi connectivity index (χ4n) is 1.57. The van der Waals surface area contributed by atoms with Crippen LogP contribution in [0.1, 0.15) is 25.7 Å². The van der Waals surface area contributed by atoms with Crippen molar-refractivity contribution in [3.63, 3.8) is 0 Å². The Hall–Kier alpha value is -2.98. The average Bonchev–Trinajstić information content (AvgIpc) is 2.88. The first-order valence-electron chi connectivity index (χ1n) is 5.72. The number of carbonyl (C=O) groups excluding carboxylic acids is 6. The van der Waals surface area contributed by atoms with E-state index >= 15 is 0 Å². The lowest BCUT2D eigenvalue weighted by Crippen LogP contribution is -2.36. The second-order valence-electron chi connectivity index (χ2n) is 3.95. The van der Waals surface area contributed by atoms with Crippen LogP contribution in [0.3, 0.4) is 0 Å². The Labute approximate surface area is 116 Å². The Morgan fingerprint density at radius 3 is 1.24 bits per heavy atom. The molecule has 11 heteroatoms. The molecule has 0 aromatic rings. The number of hydroxylamine groups is 4. The number of hydrogen-bond acceptors (Lipinski definition) is 9. The van der Waals surface area contributed by atoms with E-state index in [2.05, 4.69) is 14.4 Å². The molecule has 2 saturated heterocycles. The van der Waals surface area contributed by atoms with Crippen LogP contribution >= 0.6 is 0 Å². The van der Waals surface area contributed by atoms with E-state index in [9.17, 15) is 28.8 Å². The molecule has 0 aromatic heterocycles. The lowest BCUT2D eigenvalue weighted by atomic mass is 10.4. The van der Waals surface area contributed by atoms with Crippen LogP contribution < -0.4 is 0 Å². The van der Waals surface area contributed by atoms with Crippen molar-refractivity contribution in [3.8, 4) is 0 Å². The summed E-state index contributed by atoms with van der Waals surface area (Å²) in [5.41, 5.74) is 0. The normalized spacial score (nSPS) is 18.3. The molecule has 2 aliphatic rings. The minimum Gasteiger partial charge on any atom is -0.324 e. The van der Waals surface area contributed by atoms with E-state index in [4.69, 9.17) is 0 Å². The number of hydrogen-bond donors (Lipinski definition) is 0. The second-order valence-corrected chi connectivity index (χ2v) is 3.95. The van der Waals surface area contributed by atoms with Gasteiger partial charge in [0.2, 0.25) is 0 Å². The largest absolute Gasteiger partial charge is 0.544 e. The average molecular weight is 300 g/mol. The van der Waals surface area contributed by atoms with Gasteiger partial charge in [-0.1, -0.05) is 10.1 Å². The van der Waals surface area contributed by atoms with E-state index in [1.807, 2.05) is 0 Å². The zero-order valence-corrected chi connectivity index (χ0v) is 10.4. The zero-order chi connectivity index (χ0) is 15.6. The molecule has 2 rings (SSSR count). The van der Waals surface area contributed by atoms with Crippen molar-refractivity contribution in [1.29, 1.82) is 0 Å². The molecule has 2 fully saturated rings. The van der Waals surface area contributed by atoms with Crippen LogP contribution in [0.25, 0.3) is 0 Å². The fourth-order valence-corrected chi connectivity index (χ4v) is 1.57. The highest BCUT2D eigenvalue weighted by Crippen LogP contribution is 2.14. The number of ether oxygens (including phenoxy) is 1. The molecule has 0 aromatic carbocycles. The van der Waals surface area contributed by atoms with Gasteiger partial charge < -0.3 is 4.74 Å². The summed E-state index contributed by atoms with van der Waals surface area (Å²) in [6, 6.07) is 0. The molecule has 2 heterocycles. The standard InChI is InChI=1S/C10H8N2O9/c13-5-1-2-6(14)11(5)20-9(17)19-10(18)21-12-7(15)3-4-8(12)16/h1-4H2. The monoisotopic (exact) mass is 300 g/mol. The van der Waals surface area contributed by atoms with Crippen LogP contribution in [0, 0.1) is 0 Å². The highest BCUT2D eigenvalue weighted by molar-refractivity contribution is 6.02. The summed E-state index contributed by atoms with van der Waals surface area (Å²) >= 11 is 0. The van der Waals surface area contributed by atoms with Gasteiger partial charge in [0, 0.05) is 25.7 Å². The van der Waals surface area contributed by atoms with E-state index in [0.717, 1.165) is 0 Å². The summed E-state index contributed by atoms with van der Waals surface area (Å²) in [6.07, 6.45) is -3.94. The molecule has 0 saturated carbocycles. The van der Waals surface area contributed by atoms with E-state index < -0.39 is 35.9 Å². The van der Waals surface area contributed by atoms with Gasteiger partial charge in [-0.25, -0.2) is 9.59 Å². The molecular formula is C10H8N2O9. The summed E-state index contributed by atoms with van der Waals surface area (Å²) in [5.74, 6) is -3.07. The van der Waals surface area contributed by atoms with E-state index in [1.165, 1.54) is 0 Å². The number of nitrogens with zero attached hydrogens (tertiary/aromatic N) is 2. The van der Waals surface area contributed by atoms with Crippen LogP contribution in [-0.2, 0) is 33.6 Å². The predicted molar refractivity (Wildman–Crippen MR) is 56.2 cm³/mol. The summed E-state index contributed by atoms with van der Waals surface area (Å²) in [6.45, 7) is 0. The van der Waals surface area contributed by atoms with Crippen molar-refractivity contribution >= 4 is 35.9 Å². The minimum atomic E-state index is -1.71. The smallest absolute Gasteiger partial charge is 0.324 e. The molecule has 0 unspecified atom stereocenters. The van der Waals surface area contributed by atoms with Crippen molar-refractivity contribution in [2.75, 3.05) is 0 Å². The first kappa shape index (κ1) is 14.4. The van der Waals surface area contributed by atoms with Crippen molar-refractivity contribution in [3.05, 3.63) is 0 Å². The molecule has 0 radical (unpaired) electrons. The van der Waals surface area contributed by atoms with Gasteiger partial charge in [-0.2, -0.15) is 0 Å². The van der Waals surface area contributed by atoms with E-state index in [0.29, 0.717) is 0 Å². The quantitative estimate of drug-likeness (QED) is 0.372. The number of carbonyl (C=O) groups is 6. The molecule has 0 N–H and O–H groups in total. The van der Waals surface area contributed by atoms with Crippen molar-refractivity contribution in [1.82, 2.24) is 10.1 Å². The first-order chi connectivity index (χ1) is 9.88. The molecule has 0 aliphatic carbocycles. The maximum atomic E-state index is 11.2. The van der Waals surface area contributed by atoms with Crippen LogP contribution in [0.15, 0.2) is 0 Å². The van der Waals surface area contributed by atoms with Gasteiger partial charge in [-0.15, -0.1) is 0 Å². The molecule has 11 nitrogen and oxygen atoms in total. The third-order valence-electron chi connectivity index (χ3n) is 2.51. The van der Waals surface area contributed by atoms with Crippen molar-refractivity contribution in [2.45, 2.75) is 25.7 Å². The highest BCUT2D eigenvalue weighted by atomic mass is 16.9.